The van der Waals surface area contributed by atoms with Gasteiger partial charge in [0.1, 0.15) is 5.82 Å². The van der Waals surface area contributed by atoms with Crippen molar-refractivity contribution in [1.82, 2.24) is 0 Å². The van der Waals surface area contributed by atoms with Crippen molar-refractivity contribution in [2.45, 2.75) is 17.1 Å². The van der Waals surface area contributed by atoms with E-state index in [4.69, 9.17) is 46.4 Å². The smallest absolute Gasteiger partial charge is 0.338 e. The number of anilines is 2. The Morgan fingerprint density at radius 3 is 2.00 bits per heavy atom. The average Bonchev–Trinajstić information content (AvgIpc) is 2.82. The van der Waals surface area contributed by atoms with Gasteiger partial charge in [-0.1, -0.05) is 58.5 Å². The topological polar surface area (TPSA) is 95.5 Å². The van der Waals surface area contributed by atoms with Crippen LogP contribution in [0, 0.1) is 5.82 Å². The minimum Gasteiger partial charge on any atom is -0.478 e. The molecule has 0 aromatic heterocycles. The number of halogens is 5. The monoisotopic (exact) mass is 574 g/mol. The van der Waals surface area contributed by atoms with Gasteiger partial charge in [0.15, 0.2) is 0 Å². The zero-order valence-corrected chi connectivity index (χ0v) is 21.5. The van der Waals surface area contributed by atoms with E-state index in [-0.39, 0.29) is 26.7 Å². The van der Waals surface area contributed by atoms with E-state index in [1.54, 1.807) is 37.3 Å². The summed E-state index contributed by atoms with van der Waals surface area (Å²) in [5, 5.41) is 12.7. The van der Waals surface area contributed by atoms with Crippen LogP contribution < -0.4 is 10.6 Å². The number of rotatable bonds is 7. The second-order valence-corrected chi connectivity index (χ2v) is 9.94. The Hall–Kier alpha value is -2.49. The summed E-state index contributed by atoms with van der Waals surface area (Å²) in [6, 6.07) is 12.2. The lowest BCUT2D eigenvalue weighted by atomic mass is 10.1. The minimum atomic E-state index is -1.50. The highest BCUT2D eigenvalue weighted by Crippen LogP contribution is 2.42. The van der Waals surface area contributed by atoms with Crippen molar-refractivity contribution in [2.24, 2.45) is 0 Å². The molecule has 35 heavy (non-hydrogen) atoms. The van der Waals surface area contributed by atoms with Gasteiger partial charge in [0, 0.05) is 10.6 Å². The molecule has 3 aromatic carbocycles. The number of hydrogen-bond donors (Lipinski definition) is 3. The first kappa shape index (κ1) is 27.1. The van der Waals surface area contributed by atoms with E-state index in [0.29, 0.717) is 10.6 Å². The van der Waals surface area contributed by atoms with Gasteiger partial charge >= 0.3 is 5.97 Å². The van der Waals surface area contributed by atoms with Crippen molar-refractivity contribution in [1.29, 1.82) is 0 Å². The zero-order valence-electron chi connectivity index (χ0n) is 17.7. The molecule has 0 radical (unpaired) electrons. The van der Waals surface area contributed by atoms with Crippen molar-refractivity contribution in [3.05, 3.63) is 85.6 Å². The van der Waals surface area contributed by atoms with E-state index in [1.165, 1.54) is 30.0 Å². The predicted molar refractivity (Wildman–Crippen MR) is 138 cm³/mol. The number of carbonyl (C=O) groups is 3. The van der Waals surface area contributed by atoms with E-state index in [9.17, 15) is 23.9 Å². The van der Waals surface area contributed by atoms with Crippen LogP contribution in [0.5, 0.6) is 0 Å². The first-order valence-electron chi connectivity index (χ1n) is 9.74. The van der Waals surface area contributed by atoms with Gasteiger partial charge in [0.2, 0.25) is 5.91 Å². The number of benzene rings is 3. The van der Waals surface area contributed by atoms with Crippen molar-refractivity contribution < 1.29 is 23.9 Å². The third-order valence-corrected chi connectivity index (χ3v) is 7.55. The highest BCUT2D eigenvalue weighted by atomic mass is 35.5. The highest BCUT2D eigenvalue weighted by molar-refractivity contribution is 8.00. The number of thioether (sulfide) groups is 1. The predicted octanol–water partition coefficient (Wildman–Crippen LogP) is 7.51. The number of hydrogen-bond acceptors (Lipinski definition) is 4. The Morgan fingerprint density at radius 2 is 1.43 bits per heavy atom. The van der Waals surface area contributed by atoms with Crippen molar-refractivity contribution in [3.63, 3.8) is 0 Å². The molecule has 12 heteroatoms. The average molecular weight is 576 g/mol. The molecule has 3 rings (SSSR count). The van der Waals surface area contributed by atoms with E-state index in [2.05, 4.69) is 10.6 Å². The second kappa shape index (κ2) is 11.5. The number of aromatic carboxylic acids is 1. The van der Waals surface area contributed by atoms with Crippen LogP contribution in [0.1, 0.15) is 27.6 Å². The Labute approximate surface area is 223 Å². The summed E-state index contributed by atoms with van der Waals surface area (Å²) in [7, 11) is 0. The molecule has 0 spiro atoms. The quantitative estimate of drug-likeness (QED) is 0.154. The summed E-state index contributed by atoms with van der Waals surface area (Å²) < 4.78 is 13.8. The number of amides is 2. The molecule has 1 unspecified atom stereocenters. The molecule has 0 fully saturated rings. The summed E-state index contributed by atoms with van der Waals surface area (Å²) in [5.41, 5.74) is -0.608. The van der Waals surface area contributed by atoms with Crippen LogP contribution in [0.15, 0.2) is 53.4 Å². The lowest BCUT2D eigenvalue weighted by Gasteiger charge is -2.15. The molecule has 0 bridgehead atoms. The molecule has 6 nitrogen and oxygen atoms in total. The van der Waals surface area contributed by atoms with Crippen LogP contribution >= 0.6 is 58.2 Å². The van der Waals surface area contributed by atoms with E-state index >= 15 is 0 Å². The SMILES string of the molecule is CC(Sc1ccc(NC(=O)c2c(Cl)c(Cl)c(Cl)c(Cl)c2C(=O)O)cc1)C(=O)Nc1ccccc1F. The fourth-order valence-electron chi connectivity index (χ4n) is 2.91. The normalized spacial score (nSPS) is 11.6. The van der Waals surface area contributed by atoms with Crippen LogP contribution in [0.2, 0.25) is 20.1 Å². The standard InChI is InChI=1S/C23H15Cl4FN2O4S/c1-10(21(31)30-14-5-3-2-4-13(14)28)35-12-8-6-11(7-9-12)29-22(32)15-16(23(33)34)18(25)20(27)19(26)17(15)24/h2-10H,1H3,(H,29,32)(H,30,31)(H,33,34). The maximum atomic E-state index is 13.8. The lowest BCUT2D eigenvalue weighted by molar-refractivity contribution is -0.115. The molecule has 3 aromatic rings. The molecule has 3 N–H and O–H groups in total. The van der Waals surface area contributed by atoms with Crippen LogP contribution in [0.3, 0.4) is 0 Å². The van der Waals surface area contributed by atoms with E-state index in [0.717, 1.165) is 0 Å². The molecule has 0 saturated carbocycles. The van der Waals surface area contributed by atoms with Gasteiger partial charge in [-0.15, -0.1) is 11.8 Å². The maximum absolute atomic E-state index is 13.8. The Balaban J connectivity index is 1.72. The number of para-hydroxylation sites is 1. The molecular formula is C23H15Cl4FN2O4S. The summed E-state index contributed by atoms with van der Waals surface area (Å²) in [5.74, 6) is -3.28. The number of nitrogens with one attached hydrogen (secondary N) is 2. The fourth-order valence-corrected chi connectivity index (χ4v) is 4.80. The van der Waals surface area contributed by atoms with Crippen molar-refractivity contribution in [3.8, 4) is 0 Å². The van der Waals surface area contributed by atoms with Gasteiger partial charge < -0.3 is 15.7 Å². The number of carbonyl (C=O) groups excluding carboxylic acids is 2. The van der Waals surface area contributed by atoms with Crippen LogP contribution in [-0.4, -0.2) is 28.1 Å². The number of carboxylic acid groups (broad SMARTS) is 1. The Morgan fingerprint density at radius 1 is 0.857 bits per heavy atom. The van der Waals surface area contributed by atoms with E-state index in [1.807, 2.05) is 0 Å². The maximum Gasteiger partial charge on any atom is 0.338 e. The zero-order chi connectivity index (χ0) is 25.9. The van der Waals surface area contributed by atoms with Crippen LogP contribution in [0.25, 0.3) is 0 Å². The van der Waals surface area contributed by atoms with Crippen molar-refractivity contribution >= 4 is 87.3 Å². The van der Waals surface area contributed by atoms with Gasteiger partial charge in [0.25, 0.3) is 5.91 Å². The second-order valence-electron chi connectivity index (χ2n) is 7.02. The van der Waals surface area contributed by atoms with Gasteiger partial charge in [-0.25, -0.2) is 9.18 Å². The third-order valence-electron chi connectivity index (χ3n) is 4.63. The van der Waals surface area contributed by atoms with Crippen LogP contribution in [0.4, 0.5) is 15.8 Å². The fraction of sp³-hybridized carbons (Fsp3) is 0.0870. The van der Waals surface area contributed by atoms with Gasteiger partial charge in [-0.3, -0.25) is 9.59 Å². The molecule has 0 aliphatic carbocycles. The summed E-state index contributed by atoms with van der Waals surface area (Å²) >= 11 is 25.2. The highest BCUT2D eigenvalue weighted by Gasteiger charge is 2.29. The minimum absolute atomic E-state index is 0.0878. The number of carboxylic acids is 1. The molecule has 2 amide bonds. The summed E-state index contributed by atoms with van der Waals surface area (Å²) in [6.45, 7) is 1.67. The first-order chi connectivity index (χ1) is 16.5. The summed E-state index contributed by atoms with van der Waals surface area (Å²) in [6.07, 6.45) is 0. The first-order valence-corrected chi connectivity index (χ1v) is 12.1. The molecular weight excluding hydrogens is 561 g/mol. The molecule has 0 saturated heterocycles. The Bertz CT molecular complexity index is 1320. The van der Waals surface area contributed by atoms with Crippen LogP contribution in [-0.2, 0) is 4.79 Å². The van der Waals surface area contributed by atoms with E-state index < -0.39 is 39.1 Å². The van der Waals surface area contributed by atoms with Gasteiger partial charge in [-0.05, 0) is 43.3 Å². The molecule has 0 aliphatic heterocycles. The third kappa shape index (κ3) is 6.20. The molecule has 182 valence electrons. The Kier molecular flexibility index (Phi) is 8.90. The molecule has 0 aliphatic rings. The largest absolute Gasteiger partial charge is 0.478 e. The lowest BCUT2D eigenvalue weighted by Crippen LogP contribution is -2.22. The molecule has 0 heterocycles. The summed E-state index contributed by atoms with van der Waals surface area (Å²) in [4.78, 5) is 37.6. The van der Waals surface area contributed by atoms with Crippen molar-refractivity contribution in [2.75, 3.05) is 10.6 Å². The van der Waals surface area contributed by atoms with Gasteiger partial charge in [0.05, 0.1) is 42.2 Å². The van der Waals surface area contributed by atoms with Gasteiger partial charge in [-0.2, -0.15) is 0 Å². The molecule has 1 atom stereocenters.